The fourth-order valence-electron chi connectivity index (χ4n) is 7.61. The van der Waals surface area contributed by atoms with E-state index in [9.17, 15) is 0 Å². The average Bonchev–Trinajstić information content (AvgIpc) is 3.54. The van der Waals surface area contributed by atoms with Crippen LogP contribution in [-0.4, -0.2) is 15.0 Å². The highest BCUT2D eigenvalue weighted by Crippen LogP contribution is 2.51. The van der Waals surface area contributed by atoms with Crippen LogP contribution in [0.3, 0.4) is 0 Å². The molecule has 6 aromatic carbocycles. The molecule has 3 heterocycles. The summed E-state index contributed by atoms with van der Waals surface area (Å²) in [6, 6.07) is 60.2. The minimum absolute atomic E-state index is 0.803. The third kappa shape index (κ3) is 4.88. The summed E-state index contributed by atoms with van der Waals surface area (Å²) in [5.41, 5.74) is 13.8. The van der Waals surface area contributed by atoms with Gasteiger partial charge in [0.05, 0.1) is 34.2 Å². The van der Waals surface area contributed by atoms with Crippen molar-refractivity contribution in [3.05, 3.63) is 182 Å². The van der Waals surface area contributed by atoms with Crippen molar-refractivity contribution in [3.63, 3.8) is 0 Å². The molecule has 1 aliphatic carbocycles. The summed E-state index contributed by atoms with van der Waals surface area (Å²) in [5, 5.41) is 4.91. The van der Waals surface area contributed by atoms with Crippen LogP contribution in [0.15, 0.2) is 182 Å². The van der Waals surface area contributed by atoms with E-state index in [0.29, 0.717) is 0 Å². The van der Waals surface area contributed by atoms with E-state index in [-0.39, 0.29) is 0 Å². The van der Waals surface area contributed by atoms with Gasteiger partial charge < -0.3 is 4.90 Å². The molecule has 0 radical (unpaired) electrons. The van der Waals surface area contributed by atoms with Gasteiger partial charge >= 0.3 is 0 Å². The normalized spacial score (nSPS) is 11.5. The average molecular weight is 651 g/mol. The van der Waals surface area contributed by atoms with E-state index in [1.807, 2.05) is 48.8 Å². The maximum atomic E-state index is 5.02. The van der Waals surface area contributed by atoms with E-state index in [4.69, 9.17) is 4.98 Å². The number of aromatic nitrogens is 3. The van der Waals surface area contributed by atoms with Crippen LogP contribution in [0.4, 0.5) is 17.1 Å². The van der Waals surface area contributed by atoms with E-state index in [2.05, 4.69) is 148 Å². The third-order valence-corrected chi connectivity index (χ3v) is 9.89. The van der Waals surface area contributed by atoms with Gasteiger partial charge in [-0.3, -0.25) is 9.97 Å². The van der Waals surface area contributed by atoms with Gasteiger partial charge in [-0.05, 0) is 105 Å². The summed E-state index contributed by atoms with van der Waals surface area (Å²) >= 11 is 0. The maximum absolute atomic E-state index is 5.02. The molecule has 0 saturated heterocycles. The number of benzene rings is 6. The Hall–Kier alpha value is -6.91. The van der Waals surface area contributed by atoms with E-state index >= 15 is 0 Å². The maximum Gasteiger partial charge on any atom is 0.0900 e. The largest absolute Gasteiger partial charge is 0.309 e. The molecule has 0 amide bonds. The minimum atomic E-state index is 0.803. The van der Waals surface area contributed by atoms with E-state index in [0.717, 1.165) is 51.0 Å². The van der Waals surface area contributed by atoms with Crippen molar-refractivity contribution in [2.24, 2.45) is 0 Å². The van der Waals surface area contributed by atoms with Crippen molar-refractivity contribution in [2.45, 2.75) is 0 Å². The highest BCUT2D eigenvalue weighted by molar-refractivity contribution is 6.19. The quantitative estimate of drug-likeness (QED) is 0.180. The van der Waals surface area contributed by atoms with Gasteiger partial charge in [-0.25, -0.2) is 4.98 Å². The second-order valence-electron chi connectivity index (χ2n) is 12.8. The third-order valence-electron chi connectivity index (χ3n) is 9.89. The minimum Gasteiger partial charge on any atom is -0.309 e. The van der Waals surface area contributed by atoms with Gasteiger partial charge in [0.15, 0.2) is 0 Å². The Balaban J connectivity index is 1.20. The van der Waals surface area contributed by atoms with E-state index in [1.54, 1.807) is 0 Å². The molecule has 0 fully saturated rings. The zero-order valence-electron chi connectivity index (χ0n) is 27.6. The van der Waals surface area contributed by atoms with E-state index < -0.39 is 0 Å². The van der Waals surface area contributed by atoms with Gasteiger partial charge in [-0.2, -0.15) is 0 Å². The summed E-state index contributed by atoms with van der Waals surface area (Å²) in [7, 11) is 0. The molecule has 4 heteroatoms. The molecule has 0 saturated carbocycles. The van der Waals surface area contributed by atoms with Crippen LogP contribution in [0.2, 0.25) is 0 Å². The summed E-state index contributed by atoms with van der Waals surface area (Å²) in [6.07, 6.45) is 3.62. The lowest BCUT2D eigenvalue weighted by Gasteiger charge is -2.29. The molecule has 0 spiro atoms. The first-order valence-corrected chi connectivity index (χ1v) is 17.2. The summed E-state index contributed by atoms with van der Waals surface area (Å²) in [5.74, 6) is 0. The molecule has 0 N–H and O–H groups in total. The number of pyridine rings is 3. The zero-order chi connectivity index (χ0) is 33.7. The highest BCUT2D eigenvalue weighted by Gasteiger charge is 2.25. The van der Waals surface area contributed by atoms with Crippen LogP contribution in [0.25, 0.3) is 77.7 Å². The fourth-order valence-corrected chi connectivity index (χ4v) is 7.61. The van der Waals surface area contributed by atoms with Crippen molar-refractivity contribution in [1.29, 1.82) is 0 Å². The monoisotopic (exact) mass is 650 g/mol. The molecule has 0 bridgehead atoms. The second kappa shape index (κ2) is 11.9. The number of fused-ring (bicyclic) bond motifs is 4. The SMILES string of the molecule is c1ccc(-c2cc(-c3cccc(N(c4cccc5ccccc45)c4ccc5c6c(cccc46)-c4ccccc4-5)c3)cc(-c3ccccn3)n2)nc1. The predicted octanol–water partition coefficient (Wildman–Crippen LogP) is 12.3. The van der Waals surface area contributed by atoms with Crippen LogP contribution in [0.5, 0.6) is 0 Å². The van der Waals surface area contributed by atoms with Crippen LogP contribution < -0.4 is 4.90 Å². The molecule has 1 aliphatic rings. The summed E-state index contributed by atoms with van der Waals surface area (Å²) in [6.45, 7) is 0. The Labute approximate surface area is 296 Å². The molecular formula is C47H30N4. The molecule has 238 valence electrons. The number of hydrogen-bond acceptors (Lipinski definition) is 4. The standard InChI is InChI=1S/C47H30N4/c1-2-16-35-31(12-1)13-10-23-45(35)51(46-25-24-39-37-18-4-3-17-36(37)38-19-11-20-40(46)47(38)39)34-15-9-14-32(28-34)33-29-43(41-21-5-7-26-48-41)50-44(30-33)42-22-6-8-27-49-42/h1-30H. The first-order valence-electron chi connectivity index (χ1n) is 17.2. The number of rotatable bonds is 6. The number of hydrogen-bond donors (Lipinski definition) is 0. The highest BCUT2D eigenvalue weighted by atomic mass is 15.1. The van der Waals surface area contributed by atoms with Crippen molar-refractivity contribution >= 4 is 38.6 Å². The Morgan fingerprint density at radius 3 is 1.71 bits per heavy atom. The smallest absolute Gasteiger partial charge is 0.0900 e. The number of anilines is 3. The predicted molar refractivity (Wildman–Crippen MR) is 210 cm³/mol. The Kier molecular flexibility index (Phi) is 6.78. The van der Waals surface area contributed by atoms with Gasteiger partial charge in [0.1, 0.15) is 0 Å². The first-order chi connectivity index (χ1) is 25.3. The lowest BCUT2D eigenvalue weighted by molar-refractivity contribution is 1.22. The first kappa shape index (κ1) is 29.0. The van der Waals surface area contributed by atoms with Gasteiger partial charge in [0.2, 0.25) is 0 Å². The molecule has 10 rings (SSSR count). The fraction of sp³-hybridized carbons (Fsp3) is 0. The van der Waals surface area contributed by atoms with Crippen molar-refractivity contribution in [3.8, 4) is 56.2 Å². The lowest BCUT2D eigenvalue weighted by Crippen LogP contribution is -2.11. The lowest BCUT2D eigenvalue weighted by atomic mass is 9.98. The van der Waals surface area contributed by atoms with Crippen LogP contribution in [0, 0.1) is 0 Å². The molecule has 0 unspecified atom stereocenters. The van der Waals surface area contributed by atoms with Crippen LogP contribution >= 0.6 is 0 Å². The molecule has 4 nitrogen and oxygen atoms in total. The van der Waals surface area contributed by atoms with Crippen molar-refractivity contribution < 1.29 is 0 Å². The van der Waals surface area contributed by atoms with Crippen LogP contribution in [0.1, 0.15) is 0 Å². The Bertz CT molecular complexity index is 2660. The second-order valence-corrected chi connectivity index (χ2v) is 12.8. The van der Waals surface area contributed by atoms with Crippen molar-refractivity contribution in [1.82, 2.24) is 15.0 Å². The molecule has 9 aromatic rings. The molecule has 0 atom stereocenters. The Morgan fingerprint density at radius 2 is 0.961 bits per heavy atom. The topological polar surface area (TPSA) is 41.9 Å². The van der Waals surface area contributed by atoms with Gasteiger partial charge in [0, 0.05) is 28.9 Å². The van der Waals surface area contributed by atoms with Crippen molar-refractivity contribution in [2.75, 3.05) is 4.90 Å². The zero-order valence-corrected chi connectivity index (χ0v) is 27.6. The molecule has 51 heavy (non-hydrogen) atoms. The summed E-state index contributed by atoms with van der Waals surface area (Å²) < 4.78 is 0. The van der Waals surface area contributed by atoms with Gasteiger partial charge in [-0.15, -0.1) is 0 Å². The molecule has 0 aliphatic heterocycles. The molecule has 3 aromatic heterocycles. The van der Waals surface area contributed by atoms with Crippen LogP contribution in [-0.2, 0) is 0 Å². The molecular weight excluding hydrogens is 621 g/mol. The summed E-state index contributed by atoms with van der Waals surface area (Å²) in [4.78, 5) is 16.7. The number of nitrogens with zero attached hydrogens (tertiary/aromatic N) is 4. The van der Waals surface area contributed by atoms with Gasteiger partial charge in [-0.1, -0.05) is 109 Å². The Morgan fingerprint density at radius 1 is 0.373 bits per heavy atom. The van der Waals surface area contributed by atoms with E-state index in [1.165, 1.54) is 43.8 Å². The van der Waals surface area contributed by atoms with Gasteiger partial charge in [0.25, 0.3) is 0 Å².